The summed E-state index contributed by atoms with van der Waals surface area (Å²) in [5.74, 6) is -4.24. The summed E-state index contributed by atoms with van der Waals surface area (Å²) in [4.78, 5) is 51.3. The van der Waals surface area contributed by atoms with Crippen LogP contribution in [0.5, 0.6) is 0 Å². The maximum Gasteiger partial charge on any atom is 0.408 e. The maximum absolute atomic E-state index is 13.6. The minimum absolute atomic E-state index is 0.0165. The van der Waals surface area contributed by atoms with E-state index in [0.29, 0.717) is 0 Å². The zero-order valence-electron chi connectivity index (χ0n) is 20.0. The van der Waals surface area contributed by atoms with E-state index in [1.165, 1.54) is 18.2 Å². The molecule has 2 saturated carbocycles. The van der Waals surface area contributed by atoms with E-state index in [4.69, 9.17) is 14.2 Å². The topological polar surface area (TPSA) is 120 Å². The number of ether oxygens (including phenoxy) is 3. The number of carbonyl (C=O) groups excluding carboxylic acids is 4. The number of benzene rings is 1. The first kappa shape index (κ1) is 25.5. The highest BCUT2D eigenvalue weighted by Gasteiger charge is 2.76. The second-order valence-corrected chi connectivity index (χ2v) is 9.49. The Morgan fingerprint density at radius 2 is 1.79 bits per heavy atom. The van der Waals surface area contributed by atoms with Crippen molar-refractivity contribution in [3.63, 3.8) is 0 Å². The summed E-state index contributed by atoms with van der Waals surface area (Å²) in [6, 6.07) is 4.51. The standard InChI is InChI=1S/C24H31FN2O7/c1-6-32-20(29)17-16-15(26-19(28)13-9-8-10-14(25)11-13)12-24(18(16)17,21(30)33-7-2)27-22(31)34-23(3,4)5/h8-11,15-18H,6-7,12H2,1-5H3,(H,26,28)(H,27,31). The van der Waals surface area contributed by atoms with Crippen molar-refractivity contribution in [3.8, 4) is 0 Å². The van der Waals surface area contributed by atoms with Gasteiger partial charge in [0.05, 0.1) is 19.1 Å². The third kappa shape index (κ3) is 5.15. The molecule has 186 valence electrons. The molecule has 3 rings (SSSR count). The van der Waals surface area contributed by atoms with Crippen LogP contribution < -0.4 is 10.6 Å². The predicted octanol–water partition coefficient (Wildman–Crippen LogP) is 2.58. The van der Waals surface area contributed by atoms with Crippen LogP contribution in [0.25, 0.3) is 0 Å². The summed E-state index contributed by atoms with van der Waals surface area (Å²) < 4.78 is 29.4. The van der Waals surface area contributed by atoms with Gasteiger partial charge < -0.3 is 24.8 Å². The highest BCUT2D eigenvalue weighted by Crippen LogP contribution is 2.63. The molecule has 2 aliphatic carbocycles. The number of halogens is 1. The van der Waals surface area contributed by atoms with E-state index in [9.17, 15) is 23.6 Å². The zero-order chi connectivity index (χ0) is 25.3. The van der Waals surface area contributed by atoms with Crippen LogP contribution in [0.3, 0.4) is 0 Å². The van der Waals surface area contributed by atoms with E-state index in [1.54, 1.807) is 34.6 Å². The molecule has 10 heteroatoms. The fourth-order valence-electron chi connectivity index (χ4n) is 4.81. The highest BCUT2D eigenvalue weighted by atomic mass is 19.1. The number of hydrogen-bond acceptors (Lipinski definition) is 7. The van der Waals surface area contributed by atoms with Crippen molar-refractivity contribution in [2.75, 3.05) is 13.2 Å². The van der Waals surface area contributed by atoms with E-state index >= 15 is 0 Å². The largest absolute Gasteiger partial charge is 0.466 e. The van der Waals surface area contributed by atoms with E-state index in [1.807, 2.05) is 0 Å². The van der Waals surface area contributed by atoms with Crippen LogP contribution in [-0.2, 0) is 23.8 Å². The third-order valence-corrected chi connectivity index (χ3v) is 5.98. The fourth-order valence-corrected chi connectivity index (χ4v) is 4.81. The van der Waals surface area contributed by atoms with E-state index in [0.717, 1.165) is 6.07 Å². The number of fused-ring (bicyclic) bond motifs is 1. The molecule has 1 aromatic rings. The predicted molar refractivity (Wildman–Crippen MR) is 118 cm³/mol. The number of nitrogens with one attached hydrogen (secondary N) is 2. The van der Waals surface area contributed by atoms with Gasteiger partial charge in [-0.05, 0) is 58.7 Å². The SMILES string of the molecule is CCOC(=O)C1C2C(NC(=O)c3cccc(F)c3)CC(NC(=O)OC(C)(C)C)(C(=O)OCC)C12. The zero-order valence-corrected chi connectivity index (χ0v) is 20.0. The number of rotatable bonds is 7. The molecule has 0 bridgehead atoms. The van der Waals surface area contributed by atoms with Crippen LogP contribution in [0.2, 0.25) is 0 Å². The van der Waals surface area contributed by atoms with Crippen molar-refractivity contribution in [3.05, 3.63) is 35.6 Å². The van der Waals surface area contributed by atoms with E-state index < -0.39 is 64.7 Å². The molecule has 0 heterocycles. The van der Waals surface area contributed by atoms with Gasteiger partial charge in [-0.15, -0.1) is 0 Å². The smallest absolute Gasteiger partial charge is 0.408 e. The molecule has 2 N–H and O–H groups in total. The number of esters is 2. The van der Waals surface area contributed by atoms with Crippen LogP contribution >= 0.6 is 0 Å². The molecular weight excluding hydrogens is 447 g/mol. The summed E-state index contributed by atoms with van der Waals surface area (Å²) in [5, 5.41) is 5.45. The number of alkyl carbamates (subject to hydrolysis) is 1. The maximum atomic E-state index is 13.6. The average molecular weight is 479 g/mol. The first-order valence-electron chi connectivity index (χ1n) is 11.3. The Hall–Kier alpha value is -3.17. The highest BCUT2D eigenvalue weighted by molar-refractivity contribution is 5.95. The monoisotopic (exact) mass is 478 g/mol. The van der Waals surface area contributed by atoms with E-state index in [-0.39, 0.29) is 25.2 Å². The fraction of sp³-hybridized carbons (Fsp3) is 0.583. The lowest BCUT2D eigenvalue weighted by atomic mass is 9.88. The Morgan fingerprint density at radius 1 is 1.12 bits per heavy atom. The van der Waals surface area contributed by atoms with Crippen molar-refractivity contribution in [2.45, 2.75) is 58.2 Å². The Kier molecular flexibility index (Phi) is 7.18. The lowest BCUT2D eigenvalue weighted by molar-refractivity contribution is -0.153. The molecule has 0 saturated heterocycles. The van der Waals surface area contributed by atoms with Crippen molar-refractivity contribution >= 4 is 23.9 Å². The average Bonchev–Trinajstić information content (AvgIpc) is 3.40. The second-order valence-electron chi connectivity index (χ2n) is 9.49. The summed E-state index contributed by atoms with van der Waals surface area (Å²) in [5.41, 5.74) is -2.33. The molecule has 0 aliphatic heterocycles. The van der Waals surface area contributed by atoms with Crippen LogP contribution in [0.4, 0.5) is 9.18 Å². The number of amides is 2. The van der Waals surface area contributed by atoms with Gasteiger partial charge in [-0.1, -0.05) is 6.07 Å². The summed E-state index contributed by atoms with van der Waals surface area (Å²) in [7, 11) is 0. The minimum Gasteiger partial charge on any atom is -0.466 e. The molecule has 2 amide bonds. The van der Waals surface area contributed by atoms with Gasteiger partial charge in [-0.2, -0.15) is 0 Å². The lowest BCUT2D eigenvalue weighted by Gasteiger charge is -2.33. The van der Waals surface area contributed by atoms with Gasteiger partial charge in [0, 0.05) is 23.9 Å². The molecule has 2 fully saturated rings. The summed E-state index contributed by atoms with van der Waals surface area (Å²) in [6.07, 6.45) is -0.858. The van der Waals surface area contributed by atoms with Crippen LogP contribution in [0.1, 0.15) is 51.4 Å². The molecule has 0 aromatic heterocycles. The van der Waals surface area contributed by atoms with Gasteiger partial charge in [-0.3, -0.25) is 9.59 Å². The molecule has 9 nitrogen and oxygen atoms in total. The number of hydrogen-bond donors (Lipinski definition) is 2. The summed E-state index contributed by atoms with van der Waals surface area (Å²) >= 11 is 0. The van der Waals surface area contributed by atoms with Gasteiger partial charge in [0.15, 0.2) is 0 Å². The minimum atomic E-state index is -1.60. The van der Waals surface area contributed by atoms with Gasteiger partial charge in [0.2, 0.25) is 0 Å². The first-order valence-corrected chi connectivity index (χ1v) is 11.3. The Labute approximate surface area is 197 Å². The second kappa shape index (κ2) is 9.60. The Balaban J connectivity index is 1.93. The number of carbonyl (C=O) groups is 4. The van der Waals surface area contributed by atoms with Crippen LogP contribution in [0.15, 0.2) is 24.3 Å². The van der Waals surface area contributed by atoms with Gasteiger partial charge in [0.1, 0.15) is 17.0 Å². The molecule has 5 unspecified atom stereocenters. The summed E-state index contributed by atoms with van der Waals surface area (Å²) in [6.45, 7) is 8.53. The van der Waals surface area contributed by atoms with Crippen molar-refractivity contribution in [1.82, 2.24) is 10.6 Å². The van der Waals surface area contributed by atoms with Crippen LogP contribution in [0, 0.1) is 23.6 Å². The molecule has 0 radical (unpaired) electrons. The van der Waals surface area contributed by atoms with Gasteiger partial charge >= 0.3 is 18.0 Å². The Bertz CT molecular complexity index is 976. The normalized spacial score (nSPS) is 27.2. The lowest BCUT2D eigenvalue weighted by Crippen LogP contribution is -2.59. The molecular formula is C24H31FN2O7. The van der Waals surface area contributed by atoms with Crippen molar-refractivity contribution in [2.24, 2.45) is 17.8 Å². The molecule has 34 heavy (non-hydrogen) atoms. The first-order chi connectivity index (χ1) is 15.9. The third-order valence-electron chi connectivity index (χ3n) is 5.98. The van der Waals surface area contributed by atoms with Crippen molar-refractivity contribution < 1.29 is 37.8 Å². The Morgan fingerprint density at radius 3 is 2.38 bits per heavy atom. The van der Waals surface area contributed by atoms with E-state index in [2.05, 4.69) is 10.6 Å². The molecule has 0 spiro atoms. The van der Waals surface area contributed by atoms with Gasteiger partial charge in [0.25, 0.3) is 5.91 Å². The quantitative estimate of drug-likeness (QED) is 0.457. The molecule has 1 aromatic carbocycles. The van der Waals surface area contributed by atoms with Gasteiger partial charge in [-0.25, -0.2) is 14.0 Å². The molecule has 5 atom stereocenters. The van der Waals surface area contributed by atoms with Crippen LogP contribution in [-0.4, -0.2) is 54.3 Å². The van der Waals surface area contributed by atoms with Crippen molar-refractivity contribution in [1.29, 1.82) is 0 Å². The molecule has 2 aliphatic rings.